The summed E-state index contributed by atoms with van der Waals surface area (Å²) in [4.78, 5) is 9.12. The molecule has 0 atom stereocenters. The molecule has 26 heavy (non-hydrogen) atoms. The van der Waals surface area contributed by atoms with E-state index in [0.29, 0.717) is 11.4 Å². The first-order valence-electron chi connectivity index (χ1n) is 9.16. The van der Waals surface area contributed by atoms with Crippen molar-refractivity contribution in [1.82, 2.24) is 4.90 Å². The fourth-order valence-electron chi connectivity index (χ4n) is 3.68. The highest BCUT2D eigenvalue weighted by Crippen LogP contribution is 2.44. The number of anilines is 1. The van der Waals surface area contributed by atoms with Crippen molar-refractivity contribution in [2.75, 3.05) is 51.3 Å². The molecule has 5 nitrogen and oxygen atoms in total. The molecule has 0 amide bonds. The number of methoxy groups -OCH3 is 1. The second kappa shape index (κ2) is 9.73. The highest BCUT2D eigenvalue weighted by atomic mass is 127. The van der Waals surface area contributed by atoms with Crippen molar-refractivity contribution in [2.24, 2.45) is 16.1 Å². The molecular formula is C19H30FIN4O. The first-order valence-corrected chi connectivity index (χ1v) is 9.16. The fourth-order valence-corrected chi connectivity index (χ4v) is 3.68. The summed E-state index contributed by atoms with van der Waals surface area (Å²) in [5, 5.41) is 0. The summed E-state index contributed by atoms with van der Waals surface area (Å²) in [5.41, 5.74) is 7.61. The minimum atomic E-state index is -0.197. The van der Waals surface area contributed by atoms with Crippen molar-refractivity contribution in [3.8, 4) is 0 Å². The second-order valence-corrected chi connectivity index (χ2v) is 7.22. The number of ether oxygens (including phenoxy) is 1. The molecule has 2 aliphatic rings. The Morgan fingerprint density at radius 1 is 1.19 bits per heavy atom. The van der Waals surface area contributed by atoms with Crippen LogP contribution in [0.1, 0.15) is 25.7 Å². The van der Waals surface area contributed by atoms with Gasteiger partial charge in [0.05, 0.1) is 0 Å². The average Bonchev–Trinajstić information content (AvgIpc) is 2.61. The quantitative estimate of drug-likeness (QED) is 0.390. The van der Waals surface area contributed by atoms with Crippen LogP contribution < -0.4 is 10.6 Å². The number of rotatable bonds is 6. The van der Waals surface area contributed by atoms with Crippen LogP contribution in [0.25, 0.3) is 0 Å². The molecule has 0 spiro atoms. The average molecular weight is 476 g/mol. The van der Waals surface area contributed by atoms with E-state index in [1.165, 1.54) is 31.4 Å². The van der Waals surface area contributed by atoms with Gasteiger partial charge in [-0.1, -0.05) is 6.42 Å². The highest BCUT2D eigenvalue weighted by Gasteiger charge is 2.36. The van der Waals surface area contributed by atoms with Gasteiger partial charge >= 0.3 is 0 Å². The summed E-state index contributed by atoms with van der Waals surface area (Å²) in [6.45, 7) is 5.04. The smallest absolute Gasteiger partial charge is 0.191 e. The molecule has 1 heterocycles. The van der Waals surface area contributed by atoms with Crippen LogP contribution in [0, 0.1) is 11.2 Å². The lowest BCUT2D eigenvalue weighted by Crippen LogP contribution is -2.51. The van der Waals surface area contributed by atoms with E-state index in [4.69, 9.17) is 15.5 Å². The summed E-state index contributed by atoms with van der Waals surface area (Å²) < 4.78 is 18.3. The normalized spacial score (nSPS) is 19.7. The van der Waals surface area contributed by atoms with Gasteiger partial charge in [0.2, 0.25) is 0 Å². The Kier molecular flexibility index (Phi) is 7.94. The third-order valence-electron chi connectivity index (χ3n) is 5.62. The molecule has 2 fully saturated rings. The second-order valence-electron chi connectivity index (χ2n) is 7.22. The molecule has 7 heteroatoms. The molecule has 1 aromatic carbocycles. The van der Waals surface area contributed by atoms with Gasteiger partial charge in [-0.25, -0.2) is 4.39 Å². The molecule has 1 aromatic rings. The molecule has 0 unspecified atom stereocenters. The zero-order valence-corrected chi connectivity index (χ0v) is 17.8. The molecule has 1 saturated carbocycles. The molecule has 2 N–H and O–H groups in total. The van der Waals surface area contributed by atoms with Crippen LogP contribution in [-0.4, -0.2) is 57.3 Å². The number of nitrogens with zero attached hydrogens (tertiary/aromatic N) is 3. The monoisotopic (exact) mass is 476 g/mol. The predicted octanol–water partition coefficient (Wildman–Crippen LogP) is 3.09. The van der Waals surface area contributed by atoms with E-state index in [-0.39, 0.29) is 29.8 Å². The van der Waals surface area contributed by atoms with Crippen LogP contribution in [0.15, 0.2) is 29.3 Å². The molecular weight excluding hydrogens is 446 g/mol. The number of benzene rings is 1. The molecule has 0 bridgehead atoms. The molecule has 1 aliphatic carbocycles. The van der Waals surface area contributed by atoms with E-state index in [1.54, 1.807) is 7.11 Å². The number of hydrogen-bond donors (Lipinski definition) is 1. The van der Waals surface area contributed by atoms with Gasteiger partial charge in [-0.05, 0) is 48.9 Å². The van der Waals surface area contributed by atoms with E-state index < -0.39 is 0 Å². The van der Waals surface area contributed by atoms with Crippen LogP contribution in [-0.2, 0) is 4.74 Å². The molecule has 1 saturated heterocycles. The lowest BCUT2D eigenvalue weighted by molar-refractivity contribution is 0.0777. The van der Waals surface area contributed by atoms with Crippen molar-refractivity contribution < 1.29 is 9.13 Å². The first kappa shape index (κ1) is 21.2. The van der Waals surface area contributed by atoms with E-state index >= 15 is 0 Å². The fraction of sp³-hybridized carbons (Fsp3) is 0.632. The molecule has 146 valence electrons. The SMILES string of the molecule is COCCC1(CN=C(N)N2CCN(c3ccc(F)cc3)CC2)CCC1.I. The minimum Gasteiger partial charge on any atom is -0.385 e. The number of guanidine groups is 1. The summed E-state index contributed by atoms with van der Waals surface area (Å²) in [5.74, 6) is 0.458. The Bertz CT molecular complexity index is 584. The number of aliphatic imine (C=N–C) groups is 1. The third-order valence-corrected chi connectivity index (χ3v) is 5.62. The summed E-state index contributed by atoms with van der Waals surface area (Å²) in [6, 6.07) is 6.68. The Balaban J connectivity index is 0.00000243. The third kappa shape index (κ3) is 5.22. The van der Waals surface area contributed by atoms with Crippen molar-refractivity contribution >= 4 is 35.6 Å². The zero-order chi connectivity index (χ0) is 17.7. The first-order chi connectivity index (χ1) is 12.1. The van der Waals surface area contributed by atoms with Gasteiger partial charge in [0.15, 0.2) is 5.96 Å². The van der Waals surface area contributed by atoms with E-state index in [1.807, 2.05) is 12.1 Å². The van der Waals surface area contributed by atoms with Crippen molar-refractivity contribution in [3.63, 3.8) is 0 Å². The molecule has 0 radical (unpaired) electrons. The van der Waals surface area contributed by atoms with Gasteiger partial charge in [0.25, 0.3) is 0 Å². The Morgan fingerprint density at radius 3 is 2.38 bits per heavy atom. The number of nitrogens with two attached hydrogens (primary N) is 1. The summed E-state index contributed by atoms with van der Waals surface area (Å²) in [6.07, 6.45) is 4.81. The highest BCUT2D eigenvalue weighted by molar-refractivity contribution is 14.0. The topological polar surface area (TPSA) is 54.1 Å². The maximum atomic E-state index is 13.0. The van der Waals surface area contributed by atoms with Crippen molar-refractivity contribution in [1.29, 1.82) is 0 Å². The molecule has 1 aliphatic heterocycles. The van der Waals surface area contributed by atoms with E-state index in [2.05, 4.69) is 9.80 Å². The van der Waals surface area contributed by atoms with Gasteiger partial charge in [0, 0.05) is 52.1 Å². The van der Waals surface area contributed by atoms with E-state index in [9.17, 15) is 4.39 Å². The number of halogens is 2. The number of hydrogen-bond acceptors (Lipinski definition) is 3. The number of piperazine rings is 1. The lowest BCUT2D eigenvalue weighted by Gasteiger charge is -2.41. The Morgan fingerprint density at radius 2 is 1.85 bits per heavy atom. The standard InChI is InChI=1S/C19H29FN4O.HI/c1-25-14-9-19(7-2-8-19)15-22-18(21)24-12-10-23(11-13-24)17-5-3-16(20)4-6-17;/h3-6H,2,7-15H2,1H3,(H2,21,22);1H. The summed E-state index contributed by atoms with van der Waals surface area (Å²) >= 11 is 0. The van der Waals surface area contributed by atoms with Gasteiger partial charge < -0.3 is 20.3 Å². The molecule has 3 rings (SSSR count). The van der Waals surface area contributed by atoms with Crippen LogP contribution in [0.4, 0.5) is 10.1 Å². The van der Waals surface area contributed by atoms with Crippen molar-refractivity contribution in [2.45, 2.75) is 25.7 Å². The minimum absolute atomic E-state index is 0. The van der Waals surface area contributed by atoms with Crippen LogP contribution in [0.5, 0.6) is 0 Å². The summed E-state index contributed by atoms with van der Waals surface area (Å²) in [7, 11) is 1.75. The van der Waals surface area contributed by atoms with Gasteiger partial charge in [-0.3, -0.25) is 4.99 Å². The maximum Gasteiger partial charge on any atom is 0.191 e. The maximum absolute atomic E-state index is 13.0. The predicted molar refractivity (Wildman–Crippen MR) is 115 cm³/mol. The van der Waals surface area contributed by atoms with Crippen LogP contribution in [0.2, 0.25) is 0 Å². The Labute approximate surface area is 172 Å². The lowest BCUT2D eigenvalue weighted by atomic mass is 9.67. The van der Waals surface area contributed by atoms with Crippen LogP contribution in [0.3, 0.4) is 0 Å². The van der Waals surface area contributed by atoms with E-state index in [0.717, 1.165) is 51.4 Å². The van der Waals surface area contributed by atoms with Gasteiger partial charge in [-0.2, -0.15) is 0 Å². The van der Waals surface area contributed by atoms with Gasteiger partial charge in [-0.15, -0.1) is 24.0 Å². The van der Waals surface area contributed by atoms with Gasteiger partial charge in [0.1, 0.15) is 5.82 Å². The zero-order valence-electron chi connectivity index (χ0n) is 15.5. The van der Waals surface area contributed by atoms with Crippen molar-refractivity contribution in [3.05, 3.63) is 30.1 Å². The molecule has 0 aromatic heterocycles. The van der Waals surface area contributed by atoms with Crippen LogP contribution >= 0.6 is 24.0 Å². The largest absolute Gasteiger partial charge is 0.385 e. The Hall–Kier alpha value is -1.09.